The average molecular weight is 491 g/mol. The number of nitrogens with one attached hydrogen (secondary N) is 1. The Kier molecular flexibility index (Phi) is 8.71. The molecule has 0 aliphatic carbocycles. The van der Waals surface area contributed by atoms with Gasteiger partial charge in [-0.3, -0.25) is 14.7 Å². The van der Waals surface area contributed by atoms with Crippen molar-refractivity contribution < 1.29 is 4.79 Å². The number of rotatable bonds is 9. The van der Waals surface area contributed by atoms with Gasteiger partial charge in [0.2, 0.25) is 5.91 Å². The highest BCUT2D eigenvalue weighted by molar-refractivity contribution is 7.98. The summed E-state index contributed by atoms with van der Waals surface area (Å²) in [6.07, 6.45) is 7.77. The zero-order valence-electron chi connectivity index (χ0n) is 20.8. The normalized spacial score (nSPS) is 14.2. The number of pyridine rings is 1. The number of aromatic nitrogens is 3. The van der Waals surface area contributed by atoms with Gasteiger partial charge in [0, 0.05) is 62.9 Å². The summed E-state index contributed by atoms with van der Waals surface area (Å²) in [4.78, 5) is 30.9. The lowest BCUT2D eigenvalue weighted by Crippen LogP contribution is -2.47. The van der Waals surface area contributed by atoms with Gasteiger partial charge >= 0.3 is 0 Å². The molecule has 3 aromatic rings. The molecule has 184 valence electrons. The number of carbonyl (C=O) groups is 1. The van der Waals surface area contributed by atoms with E-state index in [1.807, 2.05) is 50.7 Å². The molecule has 35 heavy (non-hydrogen) atoms. The number of hydrogen-bond donors (Lipinski definition) is 1. The molecule has 7 nitrogen and oxygen atoms in total. The average Bonchev–Trinajstić information content (AvgIpc) is 2.88. The minimum atomic E-state index is 0.0150. The van der Waals surface area contributed by atoms with Gasteiger partial charge in [-0.05, 0) is 68.3 Å². The van der Waals surface area contributed by atoms with E-state index in [4.69, 9.17) is 0 Å². The van der Waals surface area contributed by atoms with Crippen LogP contribution in [0.25, 0.3) is 0 Å². The first-order valence-electron chi connectivity index (χ1n) is 12.2. The molecule has 1 N–H and O–H groups in total. The number of anilines is 2. The van der Waals surface area contributed by atoms with Gasteiger partial charge in [0.05, 0.1) is 11.4 Å². The molecule has 3 heterocycles. The number of hydrogen-bond acceptors (Lipinski definition) is 7. The fourth-order valence-electron chi connectivity index (χ4n) is 4.52. The van der Waals surface area contributed by atoms with Crippen LogP contribution in [0.4, 0.5) is 11.4 Å². The molecule has 1 aromatic carbocycles. The zero-order valence-corrected chi connectivity index (χ0v) is 21.6. The van der Waals surface area contributed by atoms with Crippen LogP contribution in [0, 0.1) is 13.8 Å². The van der Waals surface area contributed by atoms with Crippen LogP contribution in [-0.2, 0) is 17.6 Å². The number of carbonyl (C=O) groups excluding carboxylic acids is 1. The summed E-state index contributed by atoms with van der Waals surface area (Å²) < 4.78 is 0. The van der Waals surface area contributed by atoms with Gasteiger partial charge in [-0.2, -0.15) is 0 Å². The van der Waals surface area contributed by atoms with Crippen molar-refractivity contribution in [3.05, 3.63) is 71.3 Å². The van der Waals surface area contributed by atoms with Crippen LogP contribution < -0.4 is 10.2 Å². The second-order valence-electron chi connectivity index (χ2n) is 8.86. The highest BCUT2D eigenvalue weighted by atomic mass is 32.2. The van der Waals surface area contributed by atoms with Gasteiger partial charge in [0.25, 0.3) is 0 Å². The molecule has 1 amide bonds. The Morgan fingerprint density at radius 1 is 0.971 bits per heavy atom. The largest absolute Gasteiger partial charge is 0.367 e. The van der Waals surface area contributed by atoms with Crippen LogP contribution in [-0.4, -0.2) is 64.7 Å². The molecule has 1 fully saturated rings. The molecule has 0 bridgehead atoms. The van der Waals surface area contributed by atoms with Crippen LogP contribution in [0.5, 0.6) is 0 Å². The third-order valence-corrected chi connectivity index (χ3v) is 7.09. The molecule has 1 saturated heterocycles. The van der Waals surface area contributed by atoms with Gasteiger partial charge in [0.1, 0.15) is 0 Å². The van der Waals surface area contributed by atoms with Crippen molar-refractivity contribution in [1.82, 2.24) is 19.9 Å². The van der Waals surface area contributed by atoms with E-state index >= 15 is 0 Å². The lowest BCUT2D eigenvalue weighted by atomic mass is 10.1. The van der Waals surface area contributed by atoms with Crippen molar-refractivity contribution in [2.75, 3.05) is 49.2 Å². The number of piperazine rings is 1. The number of amides is 1. The summed E-state index contributed by atoms with van der Waals surface area (Å²) in [5, 5.41) is 3.93. The third kappa shape index (κ3) is 6.80. The van der Waals surface area contributed by atoms with Crippen LogP contribution >= 0.6 is 11.8 Å². The van der Waals surface area contributed by atoms with E-state index in [0.29, 0.717) is 12.8 Å². The first-order valence-corrected chi connectivity index (χ1v) is 13.4. The first-order chi connectivity index (χ1) is 17.0. The lowest BCUT2D eigenvalue weighted by molar-refractivity contribution is -0.116. The van der Waals surface area contributed by atoms with E-state index in [9.17, 15) is 4.79 Å². The predicted molar refractivity (Wildman–Crippen MR) is 143 cm³/mol. The van der Waals surface area contributed by atoms with Gasteiger partial charge in [0.15, 0.2) is 5.16 Å². The van der Waals surface area contributed by atoms with E-state index in [1.165, 1.54) is 17.3 Å². The Bertz CT molecular complexity index is 1110. The van der Waals surface area contributed by atoms with Gasteiger partial charge in [-0.15, -0.1) is 0 Å². The minimum Gasteiger partial charge on any atom is -0.367 e. The third-order valence-electron chi connectivity index (χ3n) is 6.54. The SMILES string of the molecule is CSc1nc(C)c(CCC(=O)Nc2ccccc2N2CCN(CCc3ccncc3)CC2)c(C)n1. The predicted octanol–water partition coefficient (Wildman–Crippen LogP) is 4.15. The van der Waals surface area contributed by atoms with Crippen molar-refractivity contribution >= 4 is 29.0 Å². The molecule has 2 aromatic heterocycles. The molecule has 0 unspecified atom stereocenters. The van der Waals surface area contributed by atoms with Gasteiger partial charge in [-0.25, -0.2) is 9.97 Å². The fourth-order valence-corrected chi connectivity index (χ4v) is 4.97. The summed E-state index contributed by atoms with van der Waals surface area (Å²) in [5.74, 6) is 0.0150. The zero-order chi connectivity index (χ0) is 24.6. The van der Waals surface area contributed by atoms with Crippen molar-refractivity contribution in [2.24, 2.45) is 0 Å². The van der Waals surface area contributed by atoms with Crippen LogP contribution in [0.15, 0.2) is 53.9 Å². The van der Waals surface area contributed by atoms with E-state index in [-0.39, 0.29) is 5.91 Å². The monoisotopic (exact) mass is 490 g/mol. The summed E-state index contributed by atoms with van der Waals surface area (Å²) in [6.45, 7) is 8.95. The number of thioether (sulfide) groups is 1. The first kappa shape index (κ1) is 25.1. The second kappa shape index (κ2) is 12.1. The highest BCUT2D eigenvalue weighted by Gasteiger charge is 2.20. The molecule has 0 spiro atoms. The molecule has 1 aliphatic rings. The maximum Gasteiger partial charge on any atom is 0.224 e. The Balaban J connectivity index is 1.31. The van der Waals surface area contributed by atoms with Gasteiger partial charge < -0.3 is 10.2 Å². The van der Waals surface area contributed by atoms with Crippen LogP contribution in [0.3, 0.4) is 0 Å². The number of aryl methyl sites for hydroxylation is 2. The van der Waals surface area contributed by atoms with E-state index in [0.717, 1.165) is 72.6 Å². The van der Waals surface area contributed by atoms with Crippen molar-refractivity contribution in [1.29, 1.82) is 0 Å². The minimum absolute atomic E-state index is 0.0150. The van der Waals surface area contributed by atoms with Crippen molar-refractivity contribution in [3.63, 3.8) is 0 Å². The number of para-hydroxylation sites is 2. The summed E-state index contributed by atoms with van der Waals surface area (Å²) in [7, 11) is 0. The maximum atomic E-state index is 12.9. The standard InChI is InChI=1S/C27H34N6OS/c1-20-23(21(2)30-27(29-20)35-3)8-9-26(34)31-24-6-4-5-7-25(24)33-18-16-32(17-19-33)15-12-22-10-13-28-14-11-22/h4-7,10-11,13-14H,8-9,12,15-19H2,1-3H3,(H,31,34). The molecule has 4 rings (SSSR count). The summed E-state index contributed by atoms with van der Waals surface area (Å²) in [5.41, 5.74) is 6.27. The Hall–Kier alpha value is -2.97. The molecule has 8 heteroatoms. The Morgan fingerprint density at radius 3 is 2.34 bits per heavy atom. The summed E-state index contributed by atoms with van der Waals surface area (Å²) >= 11 is 1.54. The van der Waals surface area contributed by atoms with Gasteiger partial charge in [-0.1, -0.05) is 23.9 Å². The lowest BCUT2D eigenvalue weighted by Gasteiger charge is -2.37. The van der Waals surface area contributed by atoms with Crippen molar-refractivity contribution in [2.45, 2.75) is 38.3 Å². The van der Waals surface area contributed by atoms with E-state index < -0.39 is 0 Å². The highest BCUT2D eigenvalue weighted by Crippen LogP contribution is 2.27. The Labute approximate surface area is 212 Å². The molecular formula is C27H34N6OS. The number of benzene rings is 1. The van der Waals surface area contributed by atoms with Crippen molar-refractivity contribution in [3.8, 4) is 0 Å². The Morgan fingerprint density at radius 2 is 1.66 bits per heavy atom. The molecular weight excluding hydrogens is 456 g/mol. The molecule has 0 atom stereocenters. The number of nitrogens with zero attached hydrogens (tertiary/aromatic N) is 5. The van der Waals surface area contributed by atoms with E-state index in [2.05, 4.69) is 48.3 Å². The molecule has 0 radical (unpaired) electrons. The van der Waals surface area contributed by atoms with Crippen LogP contribution in [0.1, 0.15) is 28.9 Å². The molecule has 1 aliphatic heterocycles. The quantitative estimate of drug-likeness (QED) is 0.357. The maximum absolute atomic E-state index is 12.9. The fraction of sp³-hybridized carbons (Fsp3) is 0.407. The van der Waals surface area contributed by atoms with Crippen LogP contribution in [0.2, 0.25) is 0 Å². The topological polar surface area (TPSA) is 74.2 Å². The second-order valence-corrected chi connectivity index (χ2v) is 9.63. The molecule has 0 saturated carbocycles. The smallest absolute Gasteiger partial charge is 0.224 e. The summed E-state index contributed by atoms with van der Waals surface area (Å²) in [6, 6.07) is 12.3. The van der Waals surface area contributed by atoms with E-state index in [1.54, 1.807) is 0 Å².